The van der Waals surface area contributed by atoms with Crippen LogP contribution in [-0.2, 0) is 19.7 Å². The van der Waals surface area contributed by atoms with Crippen LogP contribution in [0.15, 0.2) is 22.9 Å². The molecule has 1 heterocycles. The van der Waals surface area contributed by atoms with Crippen LogP contribution in [-0.4, -0.2) is 44.4 Å². The van der Waals surface area contributed by atoms with Gasteiger partial charge in [-0.1, -0.05) is 0 Å². The molecule has 0 bridgehead atoms. The highest BCUT2D eigenvalue weighted by molar-refractivity contribution is 9.10. The zero-order valence-corrected chi connectivity index (χ0v) is 12.9. The Balaban J connectivity index is 2.64. The Bertz CT molecular complexity index is 532. The van der Waals surface area contributed by atoms with E-state index in [2.05, 4.69) is 30.4 Å². The van der Waals surface area contributed by atoms with Gasteiger partial charge in [-0.2, -0.15) is 12.7 Å². The van der Waals surface area contributed by atoms with Crippen LogP contribution >= 0.6 is 15.9 Å². The number of esters is 1. The van der Waals surface area contributed by atoms with Gasteiger partial charge in [-0.25, -0.2) is 4.98 Å². The van der Waals surface area contributed by atoms with Crippen molar-refractivity contribution in [1.29, 1.82) is 0 Å². The number of nitrogens with zero attached hydrogens (tertiary/aromatic N) is 2. The Hall–Kier alpha value is -1.19. The molecule has 0 aliphatic heterocycles. The predicted molar refractivity (Wildman–Crippen MR) is 73.7 cm³/mol. The lowest BCUT2D eigenvalue weighted by Gasteiger charge is -2.17. The first kappa shape index (κ1) is 15.9. The number of pyridine rings is 1. The number of ether oxygens (including phenoxy) is 1. The fourth-order valence-electron chi connectivity index (χ4n) is 1.13. The summed E-state index contributed by atoms with van der Waals surface area (Å²) >= 11 is 3.15. The number of halogens is 1. The second-order valence-corrected chi connectivity index (χ2v) is 6.21. The number of aromatic nitrogens is 1. The Morgan fingerprint density at radius 2 is 2.21 bits per heavy atom. The van der Waals surface area contributed by atoms with Gasteiger partial charge in [-0.05, 0) is 28.1 Å². The van der Waals surface area contributed by atoms with Crippen molar-refractivity contribution >= 4 is 37.8 Å². The van der Waals surface area contributed by atoms with E-state index < -0.39 is 16.2 Å². The number of carbonyl (C=O) groups excluding carboxylic acids is 1. The van der Waals surface area contributed by atoms with Gasteiger partial charge in [0, 0.05) is 13.6 Å². The highest BCUT2D eigenvalue weighted by Gasteiger charge is 2.18. The van der Waals surface area contributed by atoms with E-state index in [0.717, 1.165) is 4.31 Å². The van der Waals surface area contributed by atoms with E-state index in [1.807, 2.05) is 0 Å². The molecule has 1 aromatic heterocycles. The minimum atomic E-state index is -3.71. The van der Waals surface area contributed by atoms with Gasteiger partial charge in [0.05, 0.1) is 25.4 Å². The molecule has 0 unspecified atom stereocenters. The first-order valence-electron chi connectivity index (χ1n) is 5.27. The van der Waals surface area contributed by atoms with Crippen LogP contribution in [0.3, 0.4) is 0 Å². The van der Waals surface area contributed by atoms with Crippen LogP contribution in [0.2, 0.25) is 0 Å². The smallest absolute Gasteiger partial charge is 0.306 e. The molecule has 9 heteroatoms. The number of hydrogen-bond acceptors (Lipinski definition) is 5. The second kappa shape index (κ2) is 6.83. The van der Waals surface area contributed by atoms with Crippen LogP contribution in [0.1, 0.15) is 6.42 Å². The van der Waals surface area contributed by atoms with Gasteiger partial charge in [0.25, 0.3) is 0 Å². The number of anilines is 1. The first-order chi connectivity index (χ1) is 8.85. The Labute approximate surface area is 120 Å². The summed E-state index contributed by atoms with van der Waals surface area (Å²) in [6, 6.07) is 3.19. The van der Waals surface area contributed by atoms with Crippen LogP contribution in [0.5, 0.6) is 0 Å². The summed E-state index contributed by atoms with van der Waals surface area (Å²) in [5, 5.41) is 0. The minimum absolute atomic E-state index is 0.00744. The zero-order valence-electron chi connectivity index (χ0n) is 10.5. The molecule has 0 fully saturated rings. The van der Waals surface area contributed by atoms with Crippen molar-refractivity contribution < 1.29 is 17.9 Å². The Morgan fingerprint density at radius 3 is 2.74 bits per heavy atom. The maximum Gasteiger partial charge on any atom is 0.306 e. The number of nitrogens with one attached hydrogen (secondary N) is 1. The molecule has 7 nitrogen and oxygen atoms in total. The molecule has 0 aromatic carbocycles. The molecule has 0 aliphatic carbocycles. The molecule has 0 saturated heterocycles. The van der Waals surface area contributed by atoms with Gasteiger partial charge in [0.1, 0.15) is 4.60 Å². The average molecular weight is 352 g/mol. The van der Waals surface area contributed by atoms with E-state index in [-0.39, 0.29) is 13.0 Å². The van der Waals surface area contributed by atoms with Crippen molar-refractivity contribution in [3.8, 4) is 0 Å². The monoisotopic (exact) mass is 351 g/mol. The van der Waals surface area contributed by atoms with Gasteiger partial charge in [-0.15, -0.1) is 0 Å². The van der Waals surface area contributed by atoms with Crippen LogP contribution < -0.4 is 4.72 Å². The molecule has 0 amide bonds. The lowest BCUT2D eigenvalue weighted by molar-refractivity contribution is -0.140. The molecule has 0 radical (unpaired) electrons. The summed E-state index contributed by atoms with van der Waals surface area (Å²) in [5.41, 5.74) is 0.341. The Kier molecular flexibility index (Phi) is 5.70. The van der Waals surface area contributed by atoms with Crippen molar-refractivity contribution in [3.63, 3.8) is 0 Å². The van der Waals surface area contributed by atoms with Gasteiger partial charge >= 0.3 is 16.2 Å². The summed E-state index contributed by atoms with van der Waals surface area (Å²) in [4.78, 5) is 14.9. The maximum absolute atomic E-state index is 11.9. The molecule has 1 aromatic rings. The van der Waals surface area contributed by atoms with E-state index in [0.29, 0.717) is 10.3 Å². The highest BCUT2D eigenvalue weighted by atomic mass is 79.9. The SMILES string of the molecule is COC(=O)CCN(C)S(=O)(=O)Nc1ccc(Br)nc1. The van der Waals surface area contributed by atoms with E-state index in [1.54, 1.807) is 12.1 Å². The van der Waals surface area contributed by atoms with E-state index >= 15 is 0 Å². The number of hydrogen-bond donors (Lipinski definition) is 1. The molecule has 19 heavy (non-hydrogen) atoms. The third kappa shape index (κ3) is 5.13. The number of rotatable bonds is 6. The standard InChI is InChI=1S/C10H14BrN3O4S/c1-14(6-5-10(15)18-2)19(16,17)13-8-3-4-9(11)12-7-8/h3-4,7,13H,5-6H2,1-2H3. The molecule has 0 aliphatic rings. The zero-order chi connectivity index (χ0) is 14.5. The van der Waals surface area contributed by atoms with Crippen LogP contribution in [0, 0.1) is 0 Å². The second-order valence-electron chi connectivity index (χ2n) is 3.62. The summed E-state index contributed by atoms with van der Waals surface area (Å²) in [6.07, 6.45) is 1.38. The third-order valence-corrected chi connectivity index (χ3v) is 4.21. The molecule has 0 spiro atoms. The fourth-order valence-corrected chi connectivity index (χ4v) is 2.27. The lowest BCUT2D eigenvalue weighted by atomic mass is 10.4. The van der Waals surface area contributed by atoms with Gasteiger partial charge in [-0.3, -0.25) is 9.52 Å². The van der Waals surface area contributed by atoms with Crippen molar-refractivity contribution in [3.05, 3.63) is 22.9 Å². The van der Waals surface area contributed by atoms with Gasteiger partial charge in [0.15, 0.2) is 0 Å². The first-order valence-corrected chi connectivity index (χ1v) is 7.51. The summed E-state index contributed by atoms with van der Waals surface area (Å²) in [5.74, 6) is -0.465. The number of carbonyl (C=O) groups is 1. The van der Waals surface area contributed by atoms with Gasteiger partial charge < -0.3 is 4.74 Å². The summed E-state index contributed by atoms with van der Waals surface area (Å²) < 4.78 is 32.3. The maximum atomic E-state index is 11.9. The van der Waals surface area contributed by atoms with E-state index in [4.69, 9.17) is 0 Å². The van der Waals surface area contributed by atoms with Crippen molar-refractivity contribution in [2.75, 3.05) is 25.4 Å². The summed E-state index contributed by atoms with van der Waals surface area (Å²) in [6.45, 7) is 0.0337. The molecular weight excluding hydrogens is 338 g/mol. The van der Waals surface area contributed by atoms with Crippen LogP contribution in [0.4, 0.5) is 5.69 Å². The topological polar surface area (TPSA) is 88.6 Å². The third-order valence-electron chi connectivity index (χ3n) is 2.24. The fraction of sp³-hybridized carbons (Fsp3) is 0.400. The molecule has 0 saturated carbocycles. The summed E-state index contributed by atoms with van der Waals surface area (Å²) in [7, 11) is -1.08. The minimum Gasteiger partial charge on any atom is -0.469 e. The average Bonchev–Trinajstić information content (AvgIpc) is 2.37. The predicted octanol–water partition coefficient (Wildman–Crippen LogP) is 0.996. The number of methoxy groups -OCH3 is 1. The molecule has 106 valence electrons. The van der Waals surface area contributed by atoms with E-state index in [1.165, 1.54) is 20.4 Å². The van der Waals surface area contributed by atoms with Crippen molar-refractivity contribution in [1.82, 2.24) is 9.29 Å². The lowest BCUT2D eigenvalue weighted by Crippen LogP contribution is -2.34. The highest BCUT2D eigenvalue weighted by Crippen LogP contribution is 2.13. The van der Waals surface area contributed by atoms with E-state index in [9.17, 15) is 13.2 Å². The van der Waals surface area contributed by atoms with Crippen LogP contribution in [0.25, 0.3) is 0 Å². The molecular formula is C10H14BrN3O4S. The van der Waals surface area contributed by atoms with Crippen molar-refractivity contribution in [2.24, 2.45) is 0 Å². The molecule has 1 N–H and O–H groups in total. The molecule has 1 rings (SSSR count). The largest absolute Gasteiger partial charge is 0.469 e. The molecule has 0 atom stereocenters. The quantitative estimate of drug-likeness (QED) is 0.609. The van der Waals surface area contributed by atoms with Gasteiger partial charge in [0.2, 0.25) is 0 Å². The van der Waals surface area contributed by atoms with Crippen molar-refractivity contribution in [2.45, 2.75) is 6.42 Å². The Morgan fingerprint density at radius 1 is 1.53 bits per heavy atom. The normalized spacial score (nSPS) is 11.4.